The van der Waals surface area contributed by atoms with Crippen molar-refractivity contribution in [3.8, 4) is 0 Å². The normalized spacial score (nSPS) is 12.7. The number of hydrogen-bond acceptors (Lipinski definition) is 4. The molecule has 3 N–H and O–H groups in total. The van der Waals surface area contributed by atoms with E-state index >= 15 is 0 Å². The summed E-state index contributed by atoms with van der Waals surface area (Å²) in [6.07, 6.45) is 6.43. The highest BCUT2D eigenvalue weighted by atomic mass is 16.3. The molecule has 0 spiro atoms. The molecule has 4 heteroatoms. The van der Waals surface area contributed by atoms with Crippen LogP contribution in [0.2, 0.25) is 0 Å². The quantitative estimate of drug-likeness (QED) is 0.703. The molecule has 0 saturated carbocycles. The smallest absolute Gasteiger partial charge is 0.220 e. The van der Waals surface area contributed by atoms with E-state index in [1.807, 2.05) is 0 Å². The Bertz CT molecular complexity index is 291. The van der Waals surface area contributed by atoms with Crippen molar-refractivity contribution < 1.29 is 5.11 Å². The molecule has 1 aromatic rings. The molecule has 4 nitrogen and oxygen atoms in total. The standard InChI is InChI=1S/C11H19N3O/c1-2-3-4-5-6-10(15)9-7-8-13-11(12)14-9/h7-8,10,15H,2-6H2,1H3,(H2,12,13,14). The second-order valence-corrected chi connectivity index (χ2v) is 3.70. The first-order valence-electron chi connectivity index (χ1n) is 5.50. The van der Waals surface area contributed by atoms with Crippen LogP contribution in [0.3, 0.4) is 0 Å². The Hall–Kier alpha value is -1.16. The molecule has 0 aliphatic carbocycles. The number of nitrogens with two attached hydrogens (primary N) is 1. The maximum absolute atomic E-state index is 9.80. The van der Waals surface area contributed by atoms with Crippen LogP contribution in [-0.2, 0) is 0 Å². The van der Waals surface area contributed by atoms with Crippen LogP contribution in [0.1, 0.15) is 50.8 Å². The number of aromatic nitrogens is 2. The molecular formula is C11H19N3O. The fraction of sp³-hybridized carbons (Fsp3) is 0.636. The lowest BCUT2D eigenvalue weighted by Crippen LogP contribution is -2.04. The van der Waals surface area contributed by atoms with Gasteiger partial charge in [-0.3, -0.25) is 0 Å². The van der Waals surface area contributed by atoms with Gasteiger partial charge in [0.1, 0.15) is 0 Å². The van der Waals surface area contributed by atoms with Gasteiger partial charge in [0.2, 0.25) is 5.95 Å². The molecule has 0 aromatic carbocycles. The first kappa shape index (κ1) is 11.9. The van der Waals surface area contributed by atoms with Crippen molar-refractivity contribution in [2.24, 2.45) is 0 Å². The number of nitrogen functional groups attached to an aromatic ring is 1. The van der Waals surface area contributed by atoms with Gasteiger partial charge in [-0.2, -0.15) is 0 Å². The van der Waals surface area contributed by atoms with E-state index in [0.29, 0.717) is 5.69 Å². The minimum atomic E-state index is -0.507. The van der Waals surface area contributed by atoms with E-state index in [9.17, 15) is 5.11 Å². The molecule has 0 aliphatic rings. The van der Waals surface area contributed by atoms with E-state index in [1.54, 1.807) is 12.3 Å². The highest BCUT2D eigenvalue weighted by molar-refractivity contribution is 5.18. The Balaban J connectivity index is 2.36. The molecule has 0 saturated heterocycles. The largest absolute Gasteiger partial charge is 0.387 e. The summed E-state index contributed by atoms with van der Waals surface area (Å²) in [5, 5.41) is 9.80. The lowest BCUT2D eigenvalue weighted by molar-refractivity contribution is 0.158. The van der Waals surface area contributed by atoms with Crippen molar-refractivity contribution in [1.29, 1.82) is 0 Å². The van der Waals surface area contributed by atoms with Gasteiger partial charge in [-0.15, -0.1) is 0 Å². The molecule has 0 radical (unpaired) electrons. The Morgan fingerprint density at radius 3 is 2.87 bits per heavy atom. The van der Waals surface area contributed by atoms with E-state index in [1.165, 1.54) is 12.8 Å². The second-order valence-electron chi connectivity index (χ2n) is 3.70. The van der Waals surface area contributed by atoms with E-state index in [-0.39, 0.29) is 5.95 Å². The average Bonchev–Trinajstić information content (AvgIpc) is 2.24. The Labute approximate surface area is 90.6 Å². The minimum Gasteiger partial charge on any atom is -0.387 e. The number of aliphatic hydroxyl groups is 1. The van der Waals surface area contributed by atoms with Gasteiger partial charge < -0.3 is 10.8 Å². The first-order valence-corrected chi connectivity index (χ1v) is 5.50. The molecule has 1 rings (SSSR count). The topological polar surface area (TPSA) is 72.0 Å². The van der Waals surface area contributed by atoms with Crippen molar-refractivity contribution in [2.75, 3.05) is 5.73 Å². The molecule has 0 fully saturated rings. The molecule has 15 heavy (non-hydrogen) atoms. The van der Waals surface area contributed by atoms with Crippen molar-refractivity contribution in [3.63, 3.8) is 0 Å². The summed E-state index contributed by atoms with van der Waals surface area (Å²) in [4.78, 5) is 7.78. The van der Waals surface area contributed by atoms with Gasteiger partial charge >= 0.3 is 0 Å². The van der Waals surface area contributed by atoms with Gasteiger partial charge in [-0.25, -0.2) is 9.97 Å². The van der Waals surface area contributed by atoms with Gasteiger partial charge in [-0.1, -0.05) is 32.6 Å². The summed E-state index contributed by atoms with van der Waals surface area (Å²) in [6, 6.07) is 1.71. The summed E-state index contributed by atoms with van der Waals surface area (Å²) in [7, 11) is 0. The van der Waals surface area contributed by atoms with Crippen LogP contribution in [0.4, 0.5) is 5.95 Å². The molecule has 1 unspecified atom stereocenters. The number of rotatable bonds is 6. The fourth-order valence-electron chi connectivity index (χ4n) is 1.49. The summed E-state index contributed by atoms with van der Waals surface area (Å²) in [5.74, 6) is 0.222. The lowest BCUT2D eigenvalue weighted by Gasteiger charge is -2.09. The molecule has 84 valence electrons. The molecule has 1 heterocycles. The van der Waals surface area contributed by atoms with Crippen molar-refractivity contribution in [1.82, 2.24) is 9.97 Å². The predicted octanol–water partition coefficient (Wildman–Crippen LogP) is 2.06. The fourth-order valence-corrected chi connectivity index (χ4v) is 1.49. The molecule has 0 amide bonds. The SMILES string of the molecule is CCCCCCC(O)c1ccnc(N)n1. The summed E-state index contributed by atoms with van der Waals surface area (Å²) in [5.41, 5.74) is 6.06. The van der Waals surface area contributed by atoms with E-state index in [2.05, 4.69) is 16.9 Å². The van der Waals surface area contributed by atoms with Crippen LogP contribution in [0.25, 0.3) is 0 Å². The molecule has 1 aromatic heterocycles. The highest BCUT2D eigenvalue weighted by Crippen LogP contribution is 2.17. The van der Waals surface area contributed by atoms with E-state index < -0.39 is 6.10 Å². The lowest BCUT2D eigenvalue weighted by atomic mass is 10.1. The maximum atomic E-state index is 9.80. The molecule has 0 bridgehead atoms. The van der Waals surface area contributed by atoms with Crippen molar-refractivity contribution >= 4 is 5.95 Å². The van der Waals surface area contributed by atoms with Crippen LogP contribution in [-0.4, -0.2) is 15.1 Å². The minimum absolute atomic E-state index is 0.222. The van der Waals surface area contributed by atoms with Gasteiger partial charge in [0.25, 0.3) is 0 Å². The first-order chi connectivity index (χ1) is 7.24. The Morgan fingerprint density at radius 2 is 2.20 bits per heavy atom. The third-order valence-corrected chi connectivity index (χ3v) is 2.37. The summed E-state index contributed by atoms with van der Waals surface area (Å²) >= 11 is 0. The van der Waals surface area contributed by atoms with Crippen molar-refractivity contribution in [3.05, 3.63) is 18.0 Å². The second kappa shape index (κ2) is 6.35. The maximum Gasteiger partial charge on any atom is 0.220 e. The molecular weight excluding hydrogens is 190 g/mol. The van der Waals surface area contributed by atoms with Crippen LogP contribution in [0, 0.1) is 0 Å². The van der Waals surface area contributed by atoms with Crippen LogP contribution in [0.15, 0.2) is 12.3 Å². The third-order valence-electron chi connectivity index (χ3n) is 2.37. The average molecular weight is 209 g/mol. The monoisotopic (exact) mass is 209 g/mol. The number of nitrogens with zero attached hydrogens (tertiary/aromatic N) is 2. The number of anilines is 1. The van der Waals surface area contributed by atoms with Crippen LogP contribution < -0.4 is 5.73 Å². The zero-order valence-corrected chi connectivity index (χ0v) is 9.19. The summed E-state index contributed by atoms with van der Waals surface area (Å²) in [6.45, 7) is 2.17. The highest BCUT2D eigenvalue weighted by Gasteiger charge is 2.08. The molecule has 1 atom stereocenters. The van der Waals surface area contributed by atoms with Gasteiger partial charge in [0, 0.05) is 6.20 Å². The predicted molar refractivity (Wildman–Crippen MR) is 60.2 cm³/mol. The number of hydrogen-bond donors (Lipinski definition) is 2. The van der Waals surface area contributed by atoms with Gasteiger partial charge in [0.15, 0.2) is 0 Å². The molecule has 0 aliphatic heterocycles. The zero-order valence-electron chi connectivity index (χ0n) is 9.19. The Morgan fingerprint density at radius 1 is 1.40 bits per heavy atom. The third kappa shape index (κ3) is 4.25. The van der Waals surface area contributed by atoms with Crippen LogP contribution >= 0.6 is 0 Å². The van der Waals surface area contributed by atoms with Gasteiger partial charge in [-0.05, 0) is 12.5 Å². The van der Waals surface area contributed by atoms with Gasteiger partial charge in [0.05, 0.1) is 11.8 Å². The van der Waals surface area contributed by atoms with Crippen molar-refractivity contribution in [2.45, 2.75) is 45.1 Å². The van der Waals surface area contributed by atoms with Crippen LogP contribution in [0.5, 0.6) is 0 Å². The summed E-state index contributed by atoms with van der Waals surface area (Å²) < 4.78 is 0. The Kier molecular flexibility index (Phi) is 5.04. The number of unbranched alkanes of at least 4 members (excludes halogenated alkanes) is 3. The van der Waals surface area contributed by atoms with E-state index in [4.69, 9.17) is 5.73 Å². The van der Waals surface area contributed by atoms with E-state index in [0.717, 1.165) is 19.3 Å². The zero-order chi connectivity index (χ0) is 11.1. The number of aliphatic hydroxyl groups excluding tert-OH is 1.